The van der Waals surface area contributed by atoms with Crippen LogP contribution in [0.2, 0.25) is 10.0 Å². The molecular formula is C18H20Cl2N2O3. The molecule has 1 amide bonds. The van der Waals surface area contributed by atoms with Gasteiger partial charge in [0, 0.05) is 5.92 Å². The third-order valence-electron chi connectivity index (χ3n) is 3.10. The first kappa shape index (κ1) is 22.7. The van der Waals surface area contributed by atoms with Gasteiger partial charge in [0.05, 0.1) is 21.4 Å². The molecule has 0 spiro atoms. The molecule has 0 fully saturated rings. The Kier molecular flexibility index (Phi) is 11.8. The summed E-state index contributed by atoms with van der Waals surface area (Å²) >= 11 is 11.5. The number of nitrogens with one attached hydrogen (secondary N) is 1. The summed E-state index contributed by atoms with van der Waals surface area (Å²) < 4.78 is 0. The summed E-state index contributed by atoms with van der Waals surface area (Å²) in [4.78, 5) is 27.8. The molecule has 5 nitrogen and oxygen atoms in total. The van der Waals surface area contributed by atoms with Crippen molar-refractivity contribution in [2.45, 2.75) is 20.3 Å². The fourth-order valence-corrected chi connectivity index (χ4v) is 1.80. The van der Waals surface area contributed by atoms with Gasteiger partial charge in [0.1, 0.15) is 0 Å². The molecule has 7 heteroatoms. The summed E-state index contributed by atoms with van der Waals surface area (Å²) in [5.41, 5.74) is 6.70. The van der Waals surface area contributed by atoms with Crippen molar-refractivity contribution in [3.05, 3.63) is 58.6 Å². The summed E-state index contributed by atoms with van der Waals surface area (Å²) in [7, 11) is 0. The maximum absolute atomic E-state index is 11.5. The summed E-state index contributed by atoms with van der Waals surface area (Å²) in [5.74, 6) is 0.0341. The highest BCUT2D eigenvalue weighted by molar-refractivity contribution is 6.33. The third-order valence-corrected chi connectivity index (χ3v) is 3.77. The lowest BCUT2D eigenvalue weighted by molar-refractivity contribution is -0.191. The molecule has 134 valence electrons. The molecule has 2 aromatic carbocycles. The Balaban J connectivity index is 0.000000440. The van der Waals surface area contributed by atoms with Gasteiger partial charge in [-0.05, 0) is 30.7 Å². The van der Waals surface area contributed by atoms with Crippen molar-refractivity contribution in [2.24, 2.45) is 5.92 Å². The van der Waals surface area contributed by atoms with E-state index >= 15 is 0 Å². The van der Waals surface area contributed by atoms with Crippen molar-refractivity contribution in [1.29, 1.82) is 0 Å². The Bertz CT molecular complexity index is 681. The van der Waals surface area contributed by atoms with Crippen molar-refractivity contribution >= 4 is 46.6 Å². The third kappa shape index (κ3) is 9.52. The Morgan fingerprint density at radius 1 is 1.08 bits per heavy atom. The van der Waals surface area contributed by atoms with Gasteiger partial charge in [-0.25, -0.2) is 0 Å². The summed E-state index contributed by atoms with van der Waals surface area (Å²) in [6, 6.07) is 14.5. The van der Waals surface area contributed by atoms with E-state index in [-0.39, 0.29) is 18.0 Å². The first-order valence-corrected chi connectivity index (χ1v) is 8.17. The van der Waals surface area contributed by atoms with Gasteiger partial charge in [-0.1, -0.05) is 61.3 Å². The first-order chi connectivity index (χ1) is 11.9. The molecule has 25 heavy (non-hydrogen) atoms. The molecule has 0 heterocycles. The highest BCUT2D eigenvalue weighted by Crippen LogP contribution is 2.21. The Morgan fingerprint density at radius 3 is 1.96 bits per heavy atom. The number of amides is 1. The fraction of sp³-hybridized carbons (Fsp3) is 0.222. The standard InChI is InChI=1S/C11H14ClNO.C6H6ClN.CO2/c1-3-8(2)11(14)13-10-7-5-4-6-9(10)12;7-5-3-1-2-4-6(5)8;2-1-3/h4-8H,3H2,1-2H3,(H,13,14);1-4H,8H2;. The summed E-state index contributed by atoms with van der Waals surface area (Å²) in [6.45, 7) is 3.88. The minimum Gasteiger partial charge on any atom is -0.398 e. The molecule has 1 unspecified atom stereocenters. The molecule has 3 N–H and O–H groups in total. The van der Waals surface area contributed by atoms with Gasteiger partial charge in [-0.2, -0.15) is 9.59 Å². The number of nitrogen functional groups attached to an aromatic ring is 1. The number of rotatable bonds is 3. The first-order valence-electron chi connectivity index (χ1n) is 7.42. The van der Waals surface area contributed by atoms with Gasteiger partial charge in [-0.3, -0.25) is 4.79 Å². The molecule has 0 bridgehead atoms. The second-order valence-electron chi connectivity index (χ2n) is 4.88. The Labute approximate surface area is 157 Å². The molecule has 0 aromatic heterocycles. The number of carbonyl (C=O) groups is 1. The predicted octanol–water partition coefficient (Wildman–Crippen LogP) is 4.66. The van der Waals surface area contributed by atoms with Crippen molar-refractivity contribution < 1.29 is 14.4 Å². The number of hydrogen-bond acceptors (Lipinski definition) is 4. The van der Waals surface area contributed by atoms with Gasteiger partial charge in [0.25, 0.3) is 0 Å². The average Bonchev–Trinajstić information content (AvgIpc) is 2.60. The van der Waals surface area contributed by atoms with Crippen molar-refractivity contribution in [3.8, 4) is 0 Å². The summed E-state index contributed by atoms with van der Waals surface area (Å²) in [6.07, 6.45) is 1.08. The molecule has 0 aliphatic carbocycles. The normalized spacial score (nSPS) is 10.1. The number of benzene rings is 2. The highest BCUT2D eigenvalue weighted by atomic mass is 35.5. The number of anilines is 2. The fourth-order valence-electron chi connectivity index (χ4n) is 1.48. The van der Waals surface area contributed by atoms with Gasteiger partial charge < -0.3 is 11.1 Å². The van der Waals surface area contributed by atoms with Gasteiger partial charge in [0.15, 0.2) is 0 Å². The molecule has 1 atom stereocenters. The van der Waals surface area contributed by atoms with Crippen LogP contribution in [0.25, 0.3) is 0 Å². The van der Waals surface area contributed by atoms with E-state index in [0.29, 0.717) is 21.4 Å². The van der Waals surface area contributed by atoms with Crippen LogP contribution in [-0.4, -0.2) is 12.1 Å². The molecule has 2 rings (SSSR count). The second-order valence-corrected chi connectivity index (χ2v) is 5.70. The largest absolute Gasteiger partial charge is 0.398 e. The number of para-hydroxylation sites is 2. The molecule has 0 aliphatic heterocycles. The van der Waals surface area contributed by atoms with Crippen LogP contribution in [-0.2, 0) is 14.4 Å². The average molecular weight is 383 g/mol. The topological polar surface area (TPSA) is 89.3 Å². The maximum atomic E-state index is 11.5. The lowest BCUT2D eigenvalue weighted by atomic mass is 10.1. The zero-order valence-electron chi connectivity index (χ0n) is 14.0. The SMILES string of the molecule is CCC(C)C(=O)Nc1ccccc1Cl.Nc1ccccc1Cl.O=C=O. The molecule has 0 radical (unpaired) electrons. The van der Waals surface area contributed by atoms with Gasteiger partial charge in [-0.15, -0.1) is 0 Å². The number of nitrogens with two attached hydrogens (primary N) is 1. The molecule has 0 saturated heterocycles. The number of carbonyl (C=O) groups excluding carboxylic acids is 3. The van der Waals surface area contributed by atoms with Crippen molar-refractivity contribution in [3.63, 3.8) is 0 Å². The Hall–Kier alpha value is -2.33. The zero-order valence-corrected chi connectivity index (χ0v) is 15.5. The van der Waals surface area contributed by atoms with E-state index in [1.54, 1.807) is 24.3 Å². The minimum atomic E-state index is 0.0144. The molecule has 2 aromatic rings. The maximum Gasteiger partial charge on any atom is 0.373 e. The van der Waals surface area contributed by atoms with Crippen LogP contribution >= 0.6 is 23.2 Å². The van der Waals surface area contributed by atoms with Crippen LogP contribution < -0.4 is 11.1 Å². The smallest absolute Gasteiger partial charge is 0.373 e. The van der Waals surface area contributed by atoms with Crippen LogP contribution in [0.1, 0.15) is 20.3 Å². The van der Waals surface area contributed by atoms with E-state index in [9.17, 15) is 4.79 Å². The van der Waals surface area contributed by atoms with E-state index in [4.69, 9.17) is 38.5 Å². The molecule has 0 saturated carbocycles. The van der Waals surface area contributed by atoms with Crippen LogP contribution in [0.4, 0.5) is 11.4 Å². The van der Waals surface area contributed by atoms with Crippen LogP contribution in [0.3, 0.4) is 0 Å². The van der Waals surface area contributed by atoms with Crippen molar-refractivity contribution in [1.82, 2.24) is 0 Å². The van der Waals surface area contributed by atoms with Crippen LogP contribution in [0.15, 0.2) is 48.5 Å². The number of halogens is 2. The van der Waals surface area contributed by atoms with E-state index in [0.717, 1.165) is 6.42 Å². The monoisotopic (exact) mass is 382 g/mol. The molecule has 0 aliphatic rings. The summed E-state index contributed by atoms with van der Waals surface area (Å²) in [5, 5.41) is 3.98. The number of hydrogen-bond donors (Lipinski definition) is 2. The van der Waals surface area contributed by atoms with Crippen molar-refractivity contribution in [2.75, 3.05) is 11.1 Å². The lowest BCUT2D eigenvalue weighted by Gasteiger charge is -2.10. The quantitative estimate of drug-likeness (QED) is 0.755. The van der Waals surface area contributed by atoms with Gasteiger partial charge >= 0.3 is 6.15 Å². The highest BCUT2D eigenvalue weighted by Gasteiger charge is 2.11. The van der Waals surface area contributed by atoms with E-state index in [1.165, 1.54) is 0 Å². The molecular weight excluding hydrogens is 363 g/mol. The van der Waals surface area contributed by atoms with Crippen LogP contribution in [0, 0.1) is 5.92 Å². The van der Waals surface area contributed by atoms with E-state index in [1.807, 2.05) is 38.1 Å². The zero-order chi connectivity index (χ0) is 19.2. The van der Waals surface area contributed by atoms with Crippen LogP contribution in [0.5, 0.6) is 0 Å². The van der Waals surface area contributed by atoms with E-state index in [2.05, 4.69) is 5.32 Å². The lowest BCUT2D eigenvalue weighted by Crippen LogP contribution is -2.19. The Morgan fingerprint density at radius 2 is 1.56 bits per heavy atom. The minimum absolute atomic E-state index is 0.0144. The van der Waals surface area contributed by atoms with E-state index < -0.39 is 0 Å². The predicted molar refractivity (Wildman–Crippen MR) is 100 cm³/mol. The second kappa shape index (κ2) is 13.0. The van der Waals surface area contributed by atoms with Gasteiger partial charge in [0.2, 0.25) is 5.91 Å².